The predicted molar refractivity (Wildman–Crippen MR) is 78.5 cm³/mol. The van der Waals surface area contributed by atoms with Gasteiger partial charge in [-0.2, -0.15) is 0 Å². The first-order chi connectivity index (χ1) is 10.5. The number of hydrazine groups is 1. The van der Waals surface area contributed by atoms with Gasteiger partial charge in [-0.05, 0) is 6.07 Å². The standard InChI is InChI=1S/C13H12N6O3/c14-10-8(13(21)19-18-10)7-5-3-1-2-4-6(5)22-11(15)9(7)12(20)17-16/h1-4,15H,16H2,(H,17,20)(H4,14,18,19,21). The van der Waals surface area contributed by atoms with Crippen LogP contribution in [0.25, 0.3) is 22.1 Å². The highest BCUT2D eigenvalue weighted by Crippen LogP contribution is 2.30. The normalized spacial score (nSPS) is 10.8. The van der Waals surface area contributed by atoms with E-state index in [0.717, 1.165) is 0 Å². The summed E-state index contributed by atoms with van der Waals surface area (Å²) in [6, 6.07) is 6.71. The van der Waals surface area contributed by atoms with E-state index in [9.17, 15) is 9.59 Å². The zero-order valence-corrected chi connectivity index (χ0v) is 11.2. The lowest BCUT2D eigenvalue weighted by molar-refractivity contribution is 0.0950. The fourth-order valence-corrected chi connectivity index (χ4v) is 2.34. The van der Waals surface area contributed by atoms with Crippen molar-refractivity contribution in [2.45, 2.75) is 0 Å². The van der Waals surface area contributed by atoms with Crippen LogP contribution in [-0.2, 0) is 0 Å². The number of anilines is 1. The van der Waals surface area contributed by atoms with Crippen molar-refractivity contribution in [2.24, 2.45) is 5.84 Å². The van der Waals surface area contributed by atoms with Gasteiger partial charge in [0, 0.05) is 10.9 Å². The molecule has 0 atom stereocenters. The van der Waals surface area contributed by atoms with Crippen molar-refractivity contribution < 1.29 is 9.21 Å². The number of hydrogen-bond donors (Lipinski definition) is 6. The van der Waals surface area contributed by atoms with Gasteiger partial charge in [-0.1, -0.05) is 18.2 Å². The highest BCUT2D eigenvalue weighted by atomic mass is 16.3. The number of carbonyl (C=O) groups is 1. The lowest BCUT2D eigenvalue weighted by atomic mass is 9.98. The molecule has 3 aromatic rings. The third-order valence-corrected chi connectivity index (χ3v) is 3.26. The second-order valence-corrected chi connectivity index (χ2v) is 4.52. The Labute approximate surface area is 122 Å². The number of para-hydroxylation sites is 1. The Kier molecular flexibility index (Phi) is 3.04. The summed E-state index contributed by atoms with van der Waals surface area (Å²) in [5.74, 6) is 4.46. The van der Waals surface area contributed by atoms with Gasteiger partial charge < -0.3 is 10.2 Å². The molecule has 0 aliphatic heterocycles. The second kappa shape index (κ2) is 4.90. The Hall–Kier alpha value is -3.33. The molecule has 0 aliphatic rings. The number of nitrogens with two attached hydrogens (primary N) is 2. The van der Waals surface area contributed by atoms with Crippen LogP contribution >= 0.6 is 0 Å². The third-order valence-electron chi connectivity index (χ3n) is 3.26. The van der Waals surface area contributed by atoms with Crippen LogP contribution in [0.15, 0.2) is 33.5 Å². The number of amides is 1. The van der Waals surface area contributed by atoms with Crippen molar-refractivity contribution in [2.75, 3.05) is 5.73 Å². The lowest BCUT2D eigenvalue weighted by Crippen LogP contribution is -2.34. The number of rotatable bonds is 2. The molecule has 0 bridgehead atoms. The molecule has 1 aromatic carbocycles. The molecule has 0 fully saturated rings. The van der Waals surface area contributed by atoms with Crippen LogP contribution in [0.1, 0.15) is 10.4 Å². The first-order valence-electron chi connectivity index (χ1n) is 6.22. The summed E-state index contributed by atoms with van der Waals surface area (Å²) in [4.78, 5) is 24.1. The molecular weight excluding hydrogens is 288 g/mol. The van der Waals surface area contributed by atoms with Crippen molar-refractivity contribution in [1.82, 2.24) is 15.6 Å². The van der Waals surface area contributed by atoms with Crippen LogP contribution in [0.4, 0.5) is 5.82 Å². The number of carbonyl (C=O) groups excluding carboxylic acids is 1. The molecular formula is C13H12N6O3. The molecule has 3 rings (SSSR count). The van der Waals surface area contributed by atoms with Gasteiger partial charge in [0.1, 0.15) is 17.0 Å². The summed E-state index contributed by atoms with van der Waals surface area (Å²) >= 11 is 0. The summed E-state index contributed by atoms with van der Waals surface area (Å²) < 4.78 is 5.32. The molecule has 9 heteroatoms. The molecule has 2 aromatic heterocycles. The molecule has 1 amide bonds. The lowest BCUT2D eigenvalue weighted by Gasteiger charge is -2.10. The van der Waals surface area contributed by atoms with Crippen molar-refractivity contribution in [1.29, 1.82) is 5.41 Å². The molecule has 8 N–H and O–H groups in total. The average molecular weight is 300 g/mol. The number of aromatic nitrogens is 2. The summed E-state index contributed by atoms with van der Waals surface area (Å²) in [6.45, 7) is 0. The Balaban J connectivity index is 2.57. The fraction of sp³-hybridized carbons (Fsp3) is 0. The summed E-state index contributed by atoms with van der Waals surface area (Å²) in [5.41, 5.74) is 7.21. The van der Waals surface area contributed by atoms with Gasteiger partial charge >= 0.3 is 0 Å². The Morgan fingerprint density at radius 2 is 1.95 bits per heavy atom. The van der Waals surface area contributed by atoms with E-state index in [0.29, 0.717) is 11.0 Å². The number of aromatic amines is 2. The molecule has 0 spiro atoms. The maximum absolute atomic E-state index is 12.0. The van der Waals surface area contributed by atoms with E-state index in [4.69, 9.17) is 21.4 Å². The van der Waals surface area contributed by atoms with Crippen LogP contribution in [0.5, 0.6) is 0 Å². The van der Waals surface area contributed by atoms with Gasteiger partial charge in [-0.15, -0.1) is 0 Å². The van der Waals surface area contributed by atoms with E-state index in [1.54, 1.807) is 24.3 Å². The summed E-state index contributed by atoms with van der Waals surface area (Å²) in [5, 5.41) is 13.2. The highest BCUT2D eigenvalue weighted by molar-refractivity contribution is 6.08. The number of fused-ring (bicyclic) bond motifs is 1. The zero-order chi connectivity index (χ0) is 15.9. The van der Waals surface area contributed by atoms with E-state index >= 15 is 0 Å². The maximum atomic E-state index is 12.0. The molecule has 22 heavy (non-hydrogen) atoms. The first kappa shape index (κ1) is 13.6. The number of hydrogen-bond acceptors (Lipinski definition) is 6. The number of benzene rings is 1. The Morgan fingerprint density at radius 1 is 1.23 bits per heavy atom. The van der Waals surface area contributed by atoms with E-state index in [2.05, 4.69) is 10.2 Å². The van der Waals surface area contributed by atoms with Crippen molar-refractivity contribution in [3.63, 3.8) is 0 Å². The summed E-state index contributed by atoms with van der Waals surface area (Å²) in [6.07, 6.45) is 0. The van der Waals surface area contributed by atoms with Crippen molar-refractivity contribution in [3.05, 3.63) is 45.7 Å². The molecule has 0 unspecified atom stereocenters. The minimum Gasteiger partial charge on any atom is -0.438 e. The number of H-pyrrole nitrogens is 2. The SMILES string of the molecule is N=c1oc2ccccc2c(-c2c(N)[nH][nH]c2=O)c1C(=O)NN. The fourth-order valence-electron chi connectivity index (χ4n) is 2.34. The summed E-state index contributed by atoms with van der Waals surface area (Å²) in [7, 11) is 0. The third kappa shape index (κ3) is 1.88. The molecule has 0 radical (unpaired) electrons. The van der Waals surface area contributed by atoms with Crippen LogP contribution < -0.4 is 28.1 Å². The highest BCUT2D eigenvalue weighted by Gasteiger charge is 2.24. The van der Waals surface area contributed by atoms with E-state index in [1.165, 1.54) is 0 Å². The first-order valence-corrected chi connectivity index (χ1v) is 6.22. The largest absolute Gasteiger partial charge is 0.438 e. The van der Waals surface area contributed by atoms with E-state index in [-0.39, 0.29) is 22.5 Å². The van der Waals surface area contributed by atoms with Gasteiger partial charge in [-0.25, -0.2) is 5.84 Å². The minimum absolute atomic E-state index is 0.0480. The minimum atomic E-state index is -0.755. The van der Waals surface area contributed by atoms with Crippen LogP contribution in [-0.4, -0.2) is 16.1 Å². The Morgan fingerprint density at radius 3 is 2.59 bits per heavy atom. The monoisotopic (exact) mass is 300 g/mol. The number of nitrogens with one attached hydrogen (secondary N) is 4. The molecule has 2 heterocycles. The second-order valence-electron chi connectivity index (χ2n) is 4.52. The number of nitrogen functional groups attached to an aromatic ring is 2. The van der Waals surface area contributed by atoms with Crippen molar-refractivity contribution in [3.8, 4) is 11.1 Å². The van der Waals surface area contributed by atoms with Gasteiger partial charge in [0.25, 0.3) is 11.5 Å². The van der Waals surface area contributed by atoms with Crippen LogP contribution in [0.3, 0.4) is 0 Å². The quantitative estimate of drug-likeness (QED) is 0.218. The van der Waals surface area contributed by atoms with Gasteiger partial charge in [-0.3, -0.25) is 30.6 Å². The molecule has 0 saturated carbocycles. The van der Waals surface area contributed by atoms with Crippen LogP contribution in [0.2, 0.25) is 0 Å². The predicted octanol–water partition coefficient (Wildman–Crippen LogP) is -0.219. The smallest absolute Gasteiger partial charge is 0.274 e. The van der Waals surface area contributed by atoms with E-state index < -0.39 is 17.0 Å². The van der Waals surface area contributed by atoms with Gasteiger partial charge in [0.05, 0.1) is 5.56 Å². The van der Waals surface area contributed by atoms with E-state index in [1.807, 2.05) is 5.43 Å². The van der Waals surface area contributed by atoms with Gasteiger partial charge in [0.2, 0.25) is 5.55 Å². The molecule has 112 valence electrons. The van der Waals surface area contributed by atoms with Crippen LogP contribution in [0, 0.1) is 5.41 Å². The molecule has 0 saturated heterocycles. The topological polar surface area (TPSA) is 167 Å². The van der Waals surface area contributed by atoms with Gasteiger partial charge in [0.15, 0.2) is 0 Å². The Bertz CT molecular complexity index is 997. The average Bonchev–Trinajstić information content (AvgIpc) is 2.84. The molecule has 9 nitrogen and oxygen atoms in total. The zero-order valence-electron chi connectivity index (χ0n) is 11.2. The van der Waals surface area contributed by atoms with Crippen molar-refractivity contribution >= 4 is 22.7 Å². The molecule has 0 aliphatic carbocycles. The maximum Gasteiger partial charge on any atom is 0.274 e.